The lowest BCUT2D eigenvalue weighted by molar-refractivity contribution is -0.117. The molecule has 1 aliphatic rings. The Kier molecular flexibility index (Phi) is 5.32. The van der Waals surface area contributed by atoms with Gasteiger partial charge in [0.2, 0.25) is 5.91 Å². The van der Waals surface area contributed by atoms with Crippen molar-refractivity contribution in [1.82, 2.24) is 19.9 Å². The van der Waals surface area contributed by atoms with Crippen LogP contribution in [0.2, 0.25) is 0 Å². The van der Waals surface area contributed by atoms with E-state index in [0.717, 1.165) is 37.2 Å². The number of pyridine rings is 1. The smallest absolute Gasteiger partial charge is 0.316 e. The van der Waals surface area contributed by atoms with Gasteiger partial charge < -0.3 is 10.1 Å². The lowest BCUT2D eigenvalue weighted by atomic mass is 10.1. The largest absolute Gasteiger partial charge is 0.460 e. The van der Waals surface area contributed by atoms with Crippen molar-refractivity contribution in [3.8, 4) is 6.01 Å². The van der Waals surface area contributed by atoms with Gasteiger partial charge in [0.25, 0.3) is 0 Å². The van der Waals surface area contributed by atoms with E-state index >= 15 is 0 Å². The average Bonchev–Trinajstić information content (AvgIpc) is 2.59. The van der Waals surface area contributed by atoms with Crippen molar-refractivity contribution < 1.29 is 9.53 Å². The van der Waals surface area contributed by atoms with Gasteiger partial charge in [0.15, 0.2) is 0 Å². The number of carbonyl (C=O) groups is 1. The molecule has 1 fully saturated rings. The van der Waals surface area contributed by atoms with Gasteiger partial charge in [-0.15, -0.1) is 0 Å². The maximum absolute atomic E-state index is 12.1. The number of hydrogen-bond donors (Lipinski definition) is 1. The van der Waals surface area contributed by atoms with Crippen LogP contribution < -0.4 is 10.1 Å². The summed E-state index contributed by atoms with van der Waals surface area (Å²) in [5.74, 6) is -0.0116. The fourth-order valence-electron chi connectivity index (χ4n) is 2.61. The molecule has 0 saturated carbocycles. The highest BCUT2D eigenvalue weighted by molar-refractivity contribution is 5.92. The molecule has 1 saturated heterocycles. The maximum Gasteiger partial charge on any atom is 0.316 e. The van der Waals surface area contributed by atoms with Crippen LogP contribution in [0, 0.1) is 6.92 Å². The summed E-state index contributed by atoms with van der Waals surface area (Å²) in [6.45, 7) is 3.97. The molecule has 2 aromatic heterocycles. The molecule has 24 heavy (non-hydrogen) atoms. The summed E-state index contributed by atoms with van der Waals surface area (Å²) in [6.07, 6.45) is 8.64. The number of nitrogens with zero attached hydrogens (tertiary/aromatic N) is 4. The van der Waals surface area contributed by atoms with Gasteiger partial charge >= 0.3 is 6.01 Å². The van der Waals surface area contributed by atoms with Gasteiger partial charge in [-0.3, -0.25) is 14.7 Å². The molecule has 0 aromatic carbocycles. The summed E-state index contributed by atoms with van der Waals surface area (Å²) < 4.78 is 5.80. The standard InChI is InChI=1S/C17H21N5O2/c1-13-10-19-17(20-11-13)24-15-4-8-22(9-5-15)12-16(23)21-14-2-6-18-7-3-14/h2-3,6-7,10-11,15H,4-5,8-9,12H2,1H3,(H,18,21,23). The molecule has 0 aliphatic carbocycles. The Morgan fingerprint density at radius 2 is 1.92 bits per heavy atom. The van der Waals surface area contributed by atoms with Gasteiger partial charge in [-0.25, -0.2) is 9.97 Å². The fraction of sp³-hybridized carbons (Fsp3) is 0.412. The molecular weight excluding hydrogens is 306 g/mol. The molecular formula is C17H21N5O2. The average molecular weight is 327 g/mol. The van der Waals surface area contributed by atoms with Crippen LogP contribution >= 0.6 is 0 Å². The Bertz CT molecular complexity index is 654. The van der Waals surface area contributed by atoms with E-state index in [2.05, 4.69) is 25.2 Å². The van der Waals surface area contributed by atoms with Crippen LogP contribution in [0.25, 0.3) is 0 Å². The first-order valence-electron chi connectivity index (χ1n) is 8.06. The summed E-state index contributed by atoms with van der Waals surface area (Å²) in [5.41, 5.74) is 1.78. The van der Waals surface area contributed by atoms with Crippen molar-refractivity contribution in [1.29, 1.82) is 0 Å². The molecule has 1 N–H and O–H groups in total. The Hall–Kier alpha value is -2.54. The quantitative estimate of drug-likeness (QED) is 0.900. The number of aromatic nitrogens is 3. The van der Waals surface area contributed by atoms with Crippen LogP contribution in [0.1, 0.15) is 18.4 Å². The van der Waals surface area contributed by atoms with E-state index in [9.17, 15) is 4.79 Å². The summed E-state index contributed by atoms with van der Waals surface area (Å²) in [7, 11) is 0. The van der Waals surface area contributed by atoms with E-state index in [4.69, 9.17) is 4.74 Å². The minimum atomic E-state index is -0.0116. The zero-order valence-corrected chi connectivity index (χ0v) is 13.7. The molecule has 1 amide bonds. The SMILES string of the molecule is Cc1cnc(OC2CCN(CC(=O)Nc3ccncc3)CC2)nc1. The van der Waals surface area contributed by atoms with Crippen molar-refractivity contribution >= 4 is 11.6 Å². The van der Waals surface area contributed by atoms with Crippen LogP contribution in [0.5, 0.6) is 6.01 Å². The van der Waals surface area contributed by atoms with Crippen molar-refractivity contribution in [3.63, 3.8) is 0 Å². The second kappa shape index (κ2) is 7.83. The number of ether oxygens (including phenoxy) is 1. The number of rotatable bonds is 5. The van der Waals surface area contributed by atoms with Crippen molar-refractivity contribution in [2.24, 2.45) is 0 Å². The minimum Gasteiger partial charge on any atom is -0.460 e. The first-order valence-corrected chi connectivity index (χ1v) is 8.06. The van der Waals surface area contributed by atoms with E-state index in [1.165, 1.54) is 0 Å². The molecule has 3 rings (SSSR count). The van der Waals surface area contributed by atoms with E-state index in [1.807, 2.05) is 6.92 Å². The molecule has 2 aromatic rings. The van der Waals surface area contributed by atoms with Crippen LogP contribution in [0.3, 0.4) is 0 Å². The summed E-state index contributed by atoms with van der Waals surface area (Å²) >= 11 is 0. The van der Waals surface area contributed by atoms with Crippen molar-refractivity contribution in [3.05, 3.63) is 42.5 Å². The predicted octanol–water partition coefficient (Wildman–Crippen LogP) is 1.66. The van der Waals surface area contributed by atoms with Gasteiger partial charge in [-0.1, -0.05) is 0 Å². The second-order valence-electron chi connectivity index (χ2n) is 5.92. The minimum absolute atomic E-state index is 0.0116. The lowest BCUT2D eigenvalue weighted by Crippen LogP contribution is -2.42. The molecule has 0 unspecified atom stereocenters. The maximum atomic E-state index is 12.1. The number of hydrogen-bond acceptors (Lipinski definition) is 6. The molecule has 1 aliphatic heterocycles. The summed E-state index contributed by atoms with van der Waals surface area (Å²) in [5, 5.41) is 2.87. The number of likely N-dealkylation sites (tertiary alicyclic amines) is 1. The molecule has 0 spiro atoms. The monoisotopic (exact) mass is 327 g/mol. The Morgan fingerprint density at radius 1 is 1.25 bits per heavy atom. The highest BCUT2D eigenvalue weighted by Gasteiger charge is 2.22. The van der Waals surface area contributed by atoms with E-state index in [-0.39, 0.29) is 12.0 Å². The number of aryl methyl sites for hydroxylation is 1. The van der Waals surface area contributed by atoms with Gasteiger partial charge in [0.1, 0.15) is 6.10 Å². The fourth-order valence-corrected chi connectivity index (χ4v) is 2.61. The third kappa shape index (κ3) is 4.73. The first kappa shape index (κ1) is 16.3. The first-order chi connectivity index (χ1) is 11.7. The highest BCUT2D eigenvalue weighted by Crippen LogP contribution is 2.16. The second-order valence-corrected chi connectivity index (χ2v) is 5.92. The number of amides is 1. The molecule has 7 nitrogen and oxygen atoms in total. The highest BCUT2D eigenvalue weighted by atomic mass is 16.5. The number of piperidine rings is 1. The Morgan fingerprint density at radius 3 is 2.58 bits per heavy atom. The third-order valence-electron chi connectivity index (χ3n) is 3.90. The zero-order chi connectivity index (χ0) is 16.8. The van der Waals surface area contributed by atoms with Crippen LogP contribution in [-0.2, 0) is 4.79 Å². The molecule has 0 radical (unpaired) electrons. The number of nitrogens with one attached hydrogen (secondary N) is 1. The molecule has 3 heterocycles. The number of anilines is 1. The van der Waals surface area contributed by atoms with Gasteiger partial charge in [-0.2, -0.15) is 0 Å². The van der Waals surface area contributed by atoms with Gasteiger partial charge in [0.05, 0.1) is 6.54 Å². The van der Waals surface area contributed by atoms with Gasteiger partial charge in [0, 0.05) is 43.6 Å². The van der Waals surface area contributed by atoms with E-state index < -0.39 is 0 Å². The zero-order valence-electron chi connectivity index (χ0n) is 13.7. The van der Waals surface area contributed by atoms with Crippen molar-refractivity contribution in [2.75, 3.05) is 25.0 Å². The van der Waals surface area contributed by atoms with Crippen LogP contribution in [0.15, 0.2) is 36.9 Å². The van der Waals surface area contributed by atoms with Crippen LogP contribution in [-0.4, -0.2) is 51.5 Å². The molecule has 0 atom stereocenters. The molecule has 0 bridgehead atoms. The summed E-state index contributed by atoms with van der Waals surface area (Å²) in [6, 6.07) is 3.98. The van der Waals surface area contributed by atoms with E-state index in [0.29, 0.717) is 12.6 Å². The lowest BCUT2D eigenvalue weighted by Gasteiger charge is -2.31. The van der Waals surface area contributed by atoms with Crippen molar-refractivity contribution in [2.45, 2.75) is 25.9 Å². The topological polar surface area (TPSA) is 80.2 Å². The van der Waals surface area contributed by atoms with Crippen LogP contribution in [0.4, 0.5) is 5.69 Å². The van der Waals surface area contributed by atoms with E-state index in [1.54, 1.807) is 36.9 Å². The Labute approximate surface area is 141 Å². The normalized spacial score (nSPS) is 15.9. The molecule has 7 heteroatoms. The Balaban J connectivity index is 1.41. The predicted molar refractivity (Wildman–Crippen MR) is 89.7 cm³/mol. The molecule has 126 valence electrons. The summed E-state index contributed by atoms with van der Waals surface area (Å²) in [4.78, 5) is 26.5. The number of carbonyl (C=O) groups excluding carboxylic acids is 1. The third-order valence-corrected chi connectivity index (χ3v) is 3.90. The van der Waals surface area contributed by atoms with Gasteiger partial charge in [-0.05, 0) is 37.5 Å².